The average molecular weight is 181 g/mol. The standard InChI is InChI=1S/C8H15N5/c1-2-7-11-8-10-4-3-6(5-9)13(8)12-7/h6H,2-5,9H2,1H3,(H,10,11,12). The van der Waals surface area contributed by atoms with Crippen molar-refractivity contribution in [1.29, 1.82) is 0 Å². The minimum absolute atomic E-state index is 0.323. The summed E-state index contributed by atoms with van der Waals surface area (Å²) in [5.74, 6) is 1.77. The fourth-order valence-electron chi connectivity index (χ4n) is 1.58. The van der Waals surface area contributed by atoms with Crippen molar-refractivity contribution in [2.45, 2.75) is 25.8 Å². The summed E-state index contributed by atoms with van der Waals surface area (Å²) in [6.45, 7) is 3.64. The number of fused-ring (bicyclic) bond motifs is 1. The fourth-order valence-corrected chi connectivity index (χ4v) is 1.58. The van der Waals surface area contributed by atoms with Crippen LogP contribution in [-0.4, -0.2) is 27.9 Å². The van der Waals surface area contributed by atoms with Crippen LogP contribution in [0.15, 0.2) is 0 Å². The molecule has 0 bridgehead atoms. The van der Waals surface area contributed by atoms with Crippen molar-refractivity contribution in [3.63, 3.8) is 0 Å². The molecule has 5 heteroatoms. The third kappa shape index (κ3) is 1.39. The predicted octanol–water partition coefficient (Wildman–Crippen LogP) is 0.156. The molecule has 0 saturated heterocycles. The molecule has 2 heterocycles. The highest BCUT2D eigenvalue weighted by Gasteiger charge is 2.20. The first-order chi connectivity index (χ1) is 6.35. The van der Waals surface area contributed by atoms with Crippen molar-refractivity contribution in [1.82, 2.24) is 14.8 Å². The Kier molecular flexibility index (Phi) is 2.18. The zero-order valence-electron chi connectivity index (χ0n) is 7.82. The van der Waals surface area contributed by atoms with Crippen LogP contribution in [0.4, 0.5) is 5.95 Å². The quantitative estimate of drug-likeness (QED) is 0.681. The first-order valence-electron chi connectivity index (χ1n) is 4.74. The molecule has 1 aromatic heterocycles. The van der Waals surface area contributed by atoms with E-state index in [-0.39, 0.29) is 0 Å². The summed E-state index contributed by atoms with van der Waals surface area (Å²) in [7, 11) is 0. The van der Waals surface area contributed by atoms with Gasteiger partial charge in [-0.2, -0.15) is 10.1 Å². The summed E-state index contributed by atoms with van der Waals surface area (Å²) in [5.41, 5.74) is 5.65. The van der Waals surface area contributed by atoms with Gasteiger partial charge in [0.1, 0.15) is 0 Å². The number of rotatable bonds is 2. The van der Waals surface area contributed by atoms with Crippen LogP contribution in [0.2, 0.25) is 0 Å². The molecule has 1 aromatic rings. The summed E-state index contributed by atoms with van der Waals surface area (Å²) in [6.07, 6.45) is 1.91. The van der Waals surface area contributed by atoms with Crippen LogP contribution < -0.4 is 11.1 Å². The molecule has 1 atom stereocenters. The van der Waals surface area contributed by atoms with Crippen LogP contribution in [0, 0.1) is 0 Å². The van der Waals surface area contributed by atoms with Crippen LogP contribution in [0.25, 0.3) is 0 Å². The first kappa shape index (κ1) is 8.50. The van der Waals surface area contributed by atoms with Gasteiger partial charge in [0, 0.05) is 19.5 Å². The SMILES string of the molecule is CCc1nc2n(n1)C(CN)CCN2. The van der Waals surface area contributed by atoms with Gasteiger partial charge in [0.25, 0.3) is 0 Å². The van der Waals surface area contributed by atoms with Crippen molar-refractivity contribution in [2.24, 2.45) is 5.73 Å². The Balaban J connectivity index is 2.32. The van der Waals surface area contributed by atoms with Crippen LogP contribution in [0.5, 0.6) is 0 Å². The lowest BCUT2D eigenvalue weighted by Crippen LogP contribution is -2.29. The van der Waals surface area contributed by atoms with Crippen LogP contribution in [-0.2, 0) is 6.42 Å². The summed E-state index contributed by atoms with van der Waals surface area (Å²) in [4.78, 5) is 4.35. The maximum Gasteiger partial charge on any atom is 0.221 e. The van der Waals surface area contributed by atoms with E-state index in [1.807, 2.05) is 4.68 Å². The molecule has 2 rings (SSSR count). The fraction of sp³-hybridized carbons (Fsp3) is 0.750. The van der Waals surface area contributed by atoms with Crippen molar-refractivity contribution < 1.29 is 0 Å². The third-order valence-corrected chi connectivity index (χ3v) is 2.37. The van der Waals surface area contributed by atoms with Gasteiger partial charge in [-0.05, 0) is 6.42 Å². The minimum Gasteiger partial charge on any atom is -0.354 e. The van der Waals surface area contributed by atoms with E-state index in [1.165, 1.54) is 0 Å². The molecule has 0 spiro atoms. The van der Waals surface area contributed by atoms with Crippen LogP contribution in [0.3, 0.4) is 0 Å². The molecule has 1 aliphatic rings. The van der Waals surface area contributed by atoms with Gasteiger partial charge in [-0.15, -0.1) is 0 Å². The van der Waals surface area contributed by atoms with Crippen molar-refractivity contribution in [2.75, 3.05) is 18.4 Å². The average Bonchev–Trinajstić information content (AvgIpc) is 2.59. The zero-order chi connectivity index (χ0) is 9.26. The molecular formula is C8H15N5. The number of aromatic nitrogens is 3. The maximum atomic E-state index is 5.65. The molecule has 0 aliphatic carbocycles. The van der Waals surface area contributed by atoms with Gasteiger partial charge in [-0.1, -0.05) is 6.92 Å². The molecule has 72 valence electrons. The van der Waals surface area contributed by atoms with Gasteiger partial charge in [-0.25, -0.2) is 4.68 Å². The van der Waals surface area contributed by atoms with E-state index in [0.717, 1.165) is 31.2 Å². The second-order valence-corrected chi connectivity index (χ2v) is 3.25. The van der Waals surface area contributed by atoms with Gasteiger partial charge in [0.15, 0.2) is 5.82 Å². The number of anilines is 1. The molecule has 5 nitrogen and oxygen atoms in total. The minimum atomic E-state index is 0.323. The molecular weight excluding hydrogens is 166 g/mol. The predicted molar refractivity (Wildman–Crippen MR) is 50.6 cm³/mol. The smallest absolute Gasteiger partial charge is 0.221 e. The second-order valence-electron chi connectivity index (χ2n) is 3.25. The van der Waals surface area contributed by atoms with Gasteiger partial charge in [-0.3, -0.25) is 0 Å². The van der Waals surface area contributed by atoms with E-state index in [4.69, 9.17) is 5.73 Å². The van der Waals surface area contributed by atoms with E-state index < -0.39 is 0 Å². The highest BCUT2D eigenvalue weighted by Crippen LogP contribution is 2.20. The highest BCUT2D eigenvalue weighted by molar-refractivity contribution is 5.28. The summed E-state index contributed by atoms with van der Waals surface area (Å²) in [6, 6.07) is 0.323. The van der Waals surface area contributed by atoms with Gasteiger partial charge in [0.2, 0.25) is 5.95 Å². The molecule has 0 amide bonds. The number of aryl methyl sites for hydroxylation is 1. The molecule has 1 unspecified atom stereocenters. The van der Waals surface area contributed by atoms with Crippen LogP contribution >= 0.6 is 0 Å². The molecule has 0 radical (unpaired) electrons. The van der Waals surface area contributed by atoms with E-state index in [1.54, 1.807) is 0 Å². The van der Waals surface area contributed by atoms with E-state index in [9.17, 15) is 0 Å². The number of nitrogens with one attached hydrogen (secondary N) is 1. The van der Waals surface area contributed by atoms with Crippen molar-refractivity contribution in [3.8, 4) is 0 Å². The molecule has 0 aromatic carbocycles. The first-order valence-corrected chi connectivity index (χ1v) is 4.74. The molecule has 0 fully saturated rings. The lowest BCUT2D eigenvalue weighted by molar-refractivity contribution is 0.424. The summed E-state index contributed by atoms with van der Waals surface area (Å²) >= 11 is 0. The Morgan fingerprint density at radius 1 is 1.69 bits per heavy atom. The summed E-state index contributed by atoms with van der Waals surface area (Å²) in [5, 5.41) is 7.60. The van der Waals surface area contributed by atoms with Crippen LogP contribution in [0.1, 0.15) is 25.2 Å². The van der Waals surface area contributed by atoms with Crippen molar-refractivity contribution >= 4 is 5.95 Å². The maximum absolute atomic E-state index is 5.65. The van der Waals surface area contributed by atoms with E-state index in [2.05, 4.69) is 22.3 Å². The van der Waals surface area contributed by atoms with E-state index >= 15 is 0 Å². The van der Waals surface area contributed by atoms with E-state index in [0.29, 0.717) is 12.6 Å². The Morgan fingerprint density at radius 3 is 3.23 bits per heavy atom. The Hall–Kier alpha value is -1.10. The number of nitrogens with two attached hydrogens (primary N) is 1. The third-order valence-electron chi connectivity index (χ3n) is 2.37. The highest BCUT2D eigenvalue weighted by atomic mass is 15.4. The molecule has 13 heavy (non-hydrogen) atoms. The lowest BCUT2D eigenvalue weighted by Gasteiger charge is -2.22. The second kappa shape index (κ2) is 3.33. The van der Waals surface area contributed by atoms with Gasteiger partial charge < -0.3 is 11.1 Å². The monoisotopic (exact) mass is 181 g/mol. The largest absolute Gasteiger partial charge is 0.354 e. The molecule has 0 saturated carbocycles. The topological polar surface area (TPSA) is 68.8 Å². The normalized spacial score (nSPS) is 20.9. The number of hydrogen-bond donors (Lipinski definition) is 2. The molecule has 3 N–H and O–H groups in total. The number of nitrogens with zero attached hydrogens (tertiary/aromatic N) is 3. The van der Waals surface area contributed by atoms with Crippen molar-refractivity contribution in [3.05, 3.63) is 5.82 Å². The summed E-state index contributed by atoms with van der Waals surface area (Å²) < 4.78 is 1.92. The van der Waals surface area contributed by atoms with Gasteiger partial charge >= 0.3 is 0 Å². The van der Waals surface area contributed by atoms with Gasteiger partial charge in [0.05, 0.1) is 6.04 Å². The lowest BCUT2D eigenvalue weighted by atomic mass is 10.2. The molecule has 1 aliphatic heterocycles. The Labute approximate surface area is 77.3 Å². The zero-order valence-corrected chi connectivity index (χ0v) is 7.82. The number of hydrogen-bond acceptors (Lipinski definition) is 4. The Bertz CT molecular complexity index is 293. The Morgan fingerprint density at radius 2 is 2.54 bits per heavy atom.